The molecule has 0 spiro atoms. The molecule has 1 aromatic rings. The largest absolute Gasteiger partial charge is 0.507 e. The van der Waals surface area contributed by atoms with Gasteiger partial charge < -0.3 is 9.84 Å². The maximum atomic E-state index is 11.1. The number of nitrogens with zero attached hydrogens (tertiary/aromatic N) is 1. The van der Waals surface area contributed by atoms with Crippen molar-refractivity contribution >= 4 is 5.78 Å². The molecule has 0 aliphatic carbocycles. The first kappa shape index (κ1) is 10.1. The van der Waals surface area contributed by atoms with Crippen molar-refractivity contribution in [3.63, 3.8) is 0 Å². The lowest BCUT2D eigenvalue weighted by molar-refractivity contribution is 0.101. The minimum atomic E-state index is -0.302. The van der Waals surface area contributed by atoms with Crippen LogP contribution in [0.1, 0.15) is 22.8 Å². The lowest BCUT2D eigenvalue weighted by Gasteiger charge is -2.07. The molecule has 4 heteroatoms. The number of carbonyl (C=O) groups is 1. The number of nitriles is 1. The summed E-state index contributed by atoms with van der Waals surface area (Å²) in [6, 6.07) is 4.51. The van der Waals surface area contributed by atoms with Gasteiger partial charge in [0.25, 0.3) is 0 Å². The monoisotopic (exact) mass is 191 g/mol. The Morgan fingerprint density at radius 1 is 1.57 bits per heavy atom. The van der Waals surface area contributed by atoms with Crippen molar-refractivity contribution < 1.29 is 14.6 Å². The average molecular weight is 191 g/mol. The number of ketones is 1. The van der Waals surface area contributed by atoms with Crippen molar-refractivity contribution in [3.05, 3.63) is 23.3 Å². The number of phenols is 1. The van der Waals surface area contributed by atoms with Gasteiger partial charge in [-0.05, 0) is 19.1 Å². The second-order valence-electron chi connectivity index (χ2n) is 2.74. The van der Waals surface area contributed by atoms with Crippen LogP contribution in [0.15, 0.2) is 12.1 Å². The number of methoxy groups -OCH3 is 1. The third-order valence-electron chi connectivity index (χ3n) is 1.78. The Labute approximate surface area is 81.4 Å². The van der Waals surface area contributed by atoms with Crippen molar-refractivity contribution in [2.24, 2.45) is 0 Å². The van der Waals surface area contributed by atoms with Gasteiger partial charge in [0.15, 0.2) is 5.78 Å². The first-order chi connectivity index (χ1) is 6.60. The van der Waals surface area contributed by atoms with Gasteiger partial charge in [-0.3, -0.25) is 4.79 Å². The lowest BCUT2D eigenvalue weighted by Crippen LogP contribution is -1.98. The molecule has 0 amide bonds. The molecule has 0 unspecified atom stereocenters. The smallest absolute Gasteiger partial charge is 0.167 e. The minimum absolute atomic E-state index is 0.103. The predicted molar refractivity (Wildman–Crippen MR) is 49.4 cm³/mol. The summed E-state index contributed by atoms with van der Waals surface area (Å²) in [4.78, 5) is 11.1. The van der Waals surface area contributed by atoms with Crippen molar-refractivity contribution in [2.75, 3.05) is 7.11 Å². The van der Waals surface area contributed by atoms with Gasteiger partial charge in [0.1, 0.15) is 17.1 Å². The molecule has 0 aliphatic rings. The van der Waals surface area contributed by atoms with Crippen LogP contribution in [0.3, 0.4) is 0 Å². The molecule has 0 aliphatic heterocycles. The average Bonchev–Trinajstić information content (AvgIpc) is 2.15. The molecule has 1 aromatic carbocycles. The molecule has 4 nitrogen and oxygen atoms in total. The third-order valence-corrected chi connectivity index (χ3v) is 1.78. The van der Waals surface area contributed by atoms with Crippen LogP contribution in [0.4, 0.5) is 0 Å². The molecule has 0 saturated carbocycles. The van der Waals surface area contributed by atoms with E-state index in [0.29, 0.717) is 0 Å². The second kappa shape index (κ2) is 3.79. The summed E-state index contributed by atoms with van der Waals surface area (Å²) in [6.45, 7) is 1.32. The van der Waals surface area contributed by atoms with Gasteiger partial charge in [0, 0.05) is 0 Å². The second-order valence-corrected chi connectivity index (χ2v) is 2.74. The van der Waals surface area contributed by atoms with Crippen LogP contribution in [-0.2, 0) is 0 Å². The van der Waals surface area contributed by atoms with Gasteiger partial charge in [-0.25, -0.2) is 0 Å². The number of hydrogen-bond acceptors (Lipinski definition) is 4. The van der Waals surface area contributed by atoms with Crippen LogP contribution < -0.4 is 4.74 Å². The molecular weight excluding hydrogens is 182 g/mol. The van der Waals surface area contributed by atoms with Gasteiger partial charge in [-0.1, -0.05) is 0 Å². The minimum Gasteiger partial charge on any atom is -0.507 e. The number of benzene rings is 1. The molecule has 0 aromatic heterocycles. The van der Waals surface area contributed by atoms with Gasteiger partial charge in [0.05, 0.1) is 18.7 Å². The molecule has 0 bridgehead atoms. The first-order valence-corrected chi connectivity index (χ1v) is 3.92. The van der Waals surface area contributed by atoms with Crippen molar-refractivity contribution in [1.82, 2.24) is 0 Å². The van der Waals surface area contributed by atoms with Crippen LogP contribution in [-0.4, -0.2) is 18.0 Å². The van der Waals surface area contributed by atoms with Gasteiger partial charge >= 0.3 is 0 Å². The highest BCUT2D eigenvalue weighted by atomic mass is 16.5. The van der Waals surface area contributed by atoms with E-state index in [-0.39, 0.29) is 28.4 Å². The van der Waals surface area contributed by atoms with E-state index in [1.165, 1.54) is 26.2 Å². The van der Waals surface area contributed by atoms with Crippen molar-refractivity contribution in [3.8, 4) is 17.6 Å². The third kappa shape index (κ3) is 1.67. The zero-order chi connectivity index (χ0) is 10.7. The lowest BCUT2D eigenvalue weighted by atomic mass is 10.1. The number of carbonyl (C=O) groups excluding carboxylic acids is 1. The molecule has 1 rings (SSSR count). The van der Waals surface area contributed by atoms with E-state index < -0.39 is 0 Å². The van der Waals surface area contributed by atoms with Crippen LogP contribution in [0, 0.1) is 11.3 Å². The molecule has 72 valence electrons. The Kier molecular flexibility index (Phi) is 2.73. The van der Waals surface area contributed by atoms with E-state index in [2.05, 4.69) is 0 Å². The van der Waals surface area contributed by atoms with E-state index in [4.69, 9.17) is 10.00 Å². The Morgan fingerprint density at radius 2 is 2.21 bits per heavy atom. The normalized spacial score (nSPS) is 9.21. The summed E-state index contributed by atoms with van der Waals surface area (Å²) in [6.07, 6.45) is 0. The Morgan fingerprint density at radius 3 is 2.64 bits per heavy atom. The van der Waals surface area contributed by atoms with E-state index in [0.717, 1.165) is 0 Å². The Hall–Kier alpha value is -2.02. The highest BCUT2D eigenvalue weighted by Crippen LogP contribution is 2.29. The number of aromatic hydroxyl groups is 1. The summed E-state index contributed by atoms with van der Waals surface area (Å²) in [7, 11) is 1.38. The Bertz CT molecular complexity index is 418. The standard InChI is InChI=1S/C10H9NO3/c1-6(12)10-8(13)3-7(5-11)4-9(10)14-2/h3-4,13H,1-2H3. The van der Waals surface area contributed by atoms with Gasteiger partial charge in [-0.15, -0.1) is 0 Å². The van der Waals surface area contributed by atoms with E-state index in [9.17, 15) is 9.90 Å². The number of phenolic OH excluding ortho intramolecular Hbond substituents is 1. The van der Waals surface area contributed by atoms with Crippen molar-refractivity contribution in [2.45, 2.75) is 6.92 Å². The number of rotatable bonds is 2. The number of hydrogen-bond donors (Lipinski definition) is 1. The predicted octanol–water partition coefficient (Wildman–Crippen LogP) is 1.48. The molecule has 14 heavy (non-hydrogen) atoms. The number of Topliss-reactive ketones (excluding diaryl/α,β-unsaturated/α-hetero) is 1. The quantitative estimate of drug-likeness (QED) is 0.718. The fraction of sp³-hybridized carbons (Fsp3) is 0.200. The molecule has 0 radical (unpaired) electrons. The maximum Gasteiger partial charge on any atom is 0.167 e. The van der Waals surface area contributed by atoms with Crippen molar-refractivity contribution in [1.29, 1.82) is 5.26 Å². The molecule has 0 fully saturated rings. The SMILES string of the molecule is COc1cc(C#N)cc(O)c1C(C)=O. The molecule has 0 atom stereocenters. The van der Waals surface area contributed by atoms with E-state index in [1.54, 1.807) is 0 Å². The van der Waals surface area contributed by atoms with E-state index >= 15 is 0 Å². The topological polar surface area (TPSA) is 70.3 Å². The summed E-state index contributed by atoms with van der Waals surface area (Å²) in [5.74, 6) is -0.314. The fourth-order valence-corrected chi connectivity index (χ4v) is 1.18. The summed E-state index contributed by atoms with van der Waals surface area (Å²) < 4.78 is 4.90. The summed E-state index contributed by atoms with van der Waals surface area (Å²) >= 11 is 0. The maximum absolute atomic E-state index is 11.1. The number of ether oxygens (including phenoxy) is 1. The van der Waals surface area contributed by atoms with Crippen LogP contribution in [0.5, 0.6) is 11.5 Å². The highest BCUT2D eigenvalue weighted by molar-refractivity contribution is 5.99. The molecular formula is C10H9NO3. The van der Waals surface area contributed by atoms with Crippen LogP contribution in [0.2, 0.25) is 0 Å². The molecule has 1 N–H and O–H groups in total. The van der Waals surface area contributed by atoms with Crippen LogP contribution >= 0.6 is 0 Å². The van der Waals surface area contributed by atoms with Gasteiger partial charge in [0.2, 0.25) is 0 Å². The molecule has 0 heterocycles. The first-order valence-electron chi connectivity index (χ1n) is 3.92. The fourth-order valence-electron chi connectivity index (χ4n) is 1.18. The summed E-state index contributed by atoms with van der Waals surface area (Å²) in [5.41, 5.74) is 0.357. The zero-order valence-electron chi connectivity index (χ0n) is 7.87. The highest BCUT2D eigenvalue weighted by Gasteiger charge is 2.14. The molecule has 0 saturated heterocycles. The van der Waals surface area contributed by atoms with Gasteiger partial charge in [-0.2, -0.15) is 5.26 Å². The van der Waals surface area contributed by atoms with Crippen LogP contribution in [0.25, 0.3) is 0 Å². The van der Waals surface area contributed by atoms with E-state index in [1.807, 2.05) is 6.07 Å². The summed E-state index contributed by atoms with van der Waals surface area (Å²) in [5, 5.41) is 18.1. The Balaban J connectivity index is 3.44. The zero-order valence-corrected chi connectivity index (χ0v) is 7.87.